The molecule has 0 aliphatic carbocycles. The summed E-state index contributed by atoms with van der Waals surface area (Å²) in [4.78, 5) is 24.4. The Labute approximate surface area is 207 Å². The number of anilines is 1. The summed E-state index contributed by atoms with van der Waals surface area (Å²) in [5.41, 5.74) is 1.25. The first kappa shape index (κ1) is 23.8. The number of hydrogen-bond donors (Lipinski definition) is 0. The van der Waals surface area contributed by atoms with Crippen molar-refractivity contribution in [3.63, 3.8) is 0 Å². The van der Waals surface area contributed by atoms with Gasteiger partial charge in [-0.1, -0.05) is 18.2 Å². The molecule has 0 radical (unpaired) electrons. The smallest absolute Gasteiger partial charge is 0.350 e. The fourth-order valence-electron chi connectivity index (χ4n) is 5.93. The molecule has 3 heterocycles. The normalized spacial score (nSPS) is 25.1. The van der Waals surface area contributed by atoms with Crippen LogP contribution in [0.1, 0.15) is 52.0 Å². The van der Waals surface area contributed by atoms with Crippen LogP contribution in [0.5, 0.6) is 5.75 Å². The number of carbonyl (C=O) groups excluding carboxylic acids is 1. The first-order chi connectivity index (χ1) is 16.9. The molecule has 0 saturated carbocycles. The Morgan fingerprint density at radius 3 is 2.60 bits per heavy atom. The highest BCUT2D eigenvalue weighted by Gasteiger charge is 2.55. The van der Waals surface area contributed by atoms with Crippen molar-refractivity contribution in [3.8, 4) is 5.75 Å². The number of piperidine rings is 1. The van der Waals surface area contributed by atoms with E-state index < -0.39 is 5.54 Å². The molecule has 2 fully saturated rings. The molecule has 6 nitrogen and oxygen atoms in total. The molecule has 1 spiro atoms. The van der Waals surface area contributed by atoms with Gasteiger partial charge < -0.3 is 9.64 Å². The fraction of sp³-hybridized carbons (Fsp3) is 0.500. The third-order valence-electron chi connectivity index (χ3n) is 7.43. The number of likely N-dealkylation sites (tertiary alicyclic amines) is 2. The zero-order valence-corrected chi connectivity index (χ0v) is 20.9. The highest BCUT2D eigenvalue weighted by molar-refractivity contribution is 6.16. The van der Waals surface area contributed by atoms with Crippen LogP contribution in [0.15, 0.2) is 53.5 Å². The average molecular weight is 479 g/mol. The zero-order valence-electron chi connectivity index (χ0n) is 20.9. The quantitative estimate of drug-likeness (QED) is 0.572. The number of halogens is 1. The molecule has 2 aromatic rings. The number of urea groups is 1. The van der Waals surface area contributed by atoms with Gasteiger partial charge in [0.1, 0.15) is 22.9 Å². The SMILES string of the molecule is CC(C)Oc1cccc(CN2CC[C@@]3(C[C@H]2C)C(N2CCCC2)=NC(=O)N3c2cccc(F)c2)c1. The Bertz CT molecular complexity index is 1110. The topological polar surface area (TPSA) is 48.4 Å². The van der Waals surface area contributed by atoms with E-state index in [2.05, 4.69) is 33.8 Å². The number of rotatable bonds is 5. The number of carbonyl (C=O) groups is 1. The van der Waals surface area contributed by atoms with E-state index in [-0.39, 0.29) is 24.0 Å². The van der Waals surface area contributed by atoms with E-state index in [0.717, 1.165) is 63.4 Å². The summed E-state index contributed by atoms with van der Waals surface area (Å²) in [6.45, 7) is 9.77. The van der Waals surface area contributed by atoms with Gasteiger partial charge in [-0.15, -0.1) is 0 Å². The summed E-state index contributed by atoms with van der Waals surface area (Å²) in [6, 6.07) is 14.6. The van der Waals surface area contributed by atoms with Crippen molar-refractivity contribution in [1.82, 2.24) is 9.80 Å². The lowest BCUT2D eigenvalue weighted by atomic mass is 9.80. The molecule has 0 aromatic heterocycles. The van der Waals surface area contributed by atoms with Crippen LogP contribution in [0, 0.1) is 5.82 Å². The number of hydrogen-bond acceptors (Lipinski definition) is 4. The van der Waals surface area contributed by atoms with Gasteiger partial charge in [-0.05, 0) is 82.3 Å². The van der Waals surface area contributed by atoms with Gasteiger partial charge >= 0.3 is 6.03 Å². The van der Waals surface area contributed by atoms with Crippen molar-refractivity contribution in [2.75, 3.05) is 24.5 Å². The lowest BCUT2D eigenvalue weighted by molar-refractivity contribution is 0.119. The second kappa shape index (κ2) is 9.61. The first-order valence-corrected chi connectivity index (χ1v) is 12.8. The number of amidine groups is 1. The van der Waals surface area contributed by atoms with E-state index in [0.29, 0.717) is 5.69 Å². The minimum Gasteiger partial charge on any atom is -0.491 e. The third kappa shape index (κ3) is 4.66. The summed E-state index contributed by atoms with van der Waals surface area (Å²) < 4.78 is 20.1. The molecule has 5 rings (SSSR count). The summed E-state index contributed by atoms with van der Waals surface area (Å²) in [5.74, 6) is 1.43. The molecule has 3 aliphatic rings. The number of benzene rings is 2. The van der Waals surface area contributed by atoms with Crippen LogP contribution in [-0.4, -0.2) is 59.0 Å². The lowest BCUT2D eigenvalue weighted by Crippen LogP contribution is -2.63. The first-order valence-electron chi connectivity index (χ1n) is 12.8. The highest BCUT2D eigenvalue weighted by atomic mass is 19.1. The Morgan fingerprint density at radius 1 is 1.11 bits per heavy atom. The van der Waals surface area contributed by atoms with Gasteiger partial charge in [0.05, 0.1) is 6.10 Å². The Morgan fingerprint density at radius 2 is 1.89 bits per heavy atom. The fourth-order valence-corrected chi connectivity index (χ4v) is 5.93. The molecule has 2 atom stereocenters. The van der Waals surface area contributed by atoms with Crippen LogP contribution in [0.2, 0.25) is 0 Å². The van der Waals surface area contributed by atoms with Gasteiger partial charge in [0, 0.05) is 37.9 Å². The van der Waals surface area contributed by atoms with Crippen LogP contribution in [0.4, 0.5) is 14.9 Å². The molecular formula is C28H35FN4O2. The predicted molar refractivity (Wildman–Crippen MR) is 137 cm³/mol. The molecule has 7 heteroatoms. The summed E-state index contributed by atoms with van der Waals surface area (Å²) >= 11 is 0. The van der Waals surface area contributed by atoms with Gasteiger partial charge in [-0.2, -0.15) is 4.99 Å². The molecule has 2 amide bonds. The van der Waals surface area contributed by atoms with Crippen LogP contribution < -0.4 is 9.64 Å². The minimum atomic E-state index is -0.548. The van der Waals surface area contributed by atoms with E-state index in [4.69, 9.17) is 4.74 Å². The molecule has 0 N–H and O–H groups in total. The van der Waals surface area contributed by atoms with Gasteiger partial charge in [0.25, 0.3) is 0 Å². The van der Waals surface area contributed by atoms with Crippen molar-refractivity contribution >= 4 is 17.6 Å². The van der Waals surface area contributed by atoms with E-state index in [1.54, 1.807) is 11.0 Å². The molecule has 0 bridgehead atoms. The Kier molecular flexibility index (Phi) is 6.53. The second-order valence-electron chi connectivity index (χ2n) is 10.3. The van der Waals surface area contributed by atoms with Crippen molar-refractivity contribution in [3.05, 3.63) is 59.9 Å². The van der Waals surface area contributed by atoms with Gasteiger partial charge in [0.2, 0.25) is 0 Å². The third-order valence-corrected chi connectivity index (χ3v) is 7.43. The van der Waals surface area contributed by atoms with Crippen LogP contribution in [0.3, 0.4) is 0 Å². The van der Waals surface area contributed by atoms with E-state index >= 15 is 0 Å². The van der Waals surface area contributed by atoms with Crippen molar-refractivity contribution < 1.29 is 13.9 Å². The highest BCUT2D eigenvalue weighted by Crippen LogP contribution is 2.43. The Balaban J connectivity index is 1.41. The van der Waals surface area contributed by atoms with Crippen LogP contribution >= 0.6 is 0 Å². The summed E-state index contributed by atoms with van der Waals surface area (Å²) in [7, 11) is 0. The maximum absolute atomic E-state index is 14.2. The van der Waals surface area contributed by atoms with Crippen LogP contribution in [0.25, 0.3) is 0 Å². The molecule has 0 unspecified atom stereocenters. The molecular weight excluding hydrogens is 443 g/mol. The van der Waals surface area contributed by atoms with Gasteiger partial charge in [-0.3, -0.25) is 9.80 Å². The minimum absolute atomic E-state index is 0.135. The average Bonchev–Trinajstić information content (AvgIpc) is 3.42. The van der Waals surface area contributed by atoms with Crippen molar-refractivity contribution in [1.29, 1.82) is 0 Å². The van der Waals surface area contributed by atoms with E-state index in [9.17, 15) is 9.18 Å². The van der Waals surface area contributed by atoms with E-state index in [1.807, 2.05) is 32.0 Å². The molecule has 35 heavy (non-hydrogen) atoms. The van der Waals surface area contributed by atoms with E-state index in [1.165, 1.54) is 17.7 Å². The number of ether oxygens (including phenoxy) is 1. The van der Waals surface area contributed by atoms with Gasteiger partial charge in [-0.25, -0.2) is 9.18 Å². The second-order valence-corrected chi connectivity index (χ2v) is 10.3. The van der Waals surface area contributed by atoms with Crippen molar-refractivity contribution in [2.45, 2.75) is 70.7 Å². The number of aliphatic imine (C=N–C) groups is 1. The predicted octanol–water partition coefficient (Wildman–Crippen LogP) is 5.47. The molecule has 3 aliphatic heterocycles. The molecule has 2 aromatic carbocycles. The lowest BCUT2D eigenvalue weighted by Gasteiger charge is -2.49. The molecule has 186 valence electrons. The van der Waals surface area contributed by atoms with Gasteiger partial charge in [0.15, 0.2) is 0 Å². The zero-order chi connectivity index (χ0) is 24.6. The summed E-state index contributed by atoms with van der Waals surface area (Å²) in [6.07, 6.45) is 3.87. The maximum Gasteiger partial charge on any atom is 0.350 e. The number of amides is 2. The maximum atomic E-state index is 14.2. The number of nitrogens with zero attached hydrogens (tertiary/aromatic N) is 4. The van der Waals surface area contributed by atoms with Crippen molar-refractivity contribution in [2.24, 2.45) is 4.99 Å². The Hall–Kier alpha value is -2.93. The standard InChI is InChI=1S/C28H35FN4O2/c1-20(2)35-25-11-6-8-22(16-25)19-32-15-12-28(18-21(32)3)26(31-13-4-5-14-31)30-27(34)33(28)24-10-7-9-23(29)17-24/h6-11,16-17,20-21H,4-5,12-15,18-19H2,1-3H3/t21-,28-/m1/s1. The molecule has 2 saturated heterocycles. The largest absolute Gasteiger partial charge is 0.491 e. The monoisotopic (exact) mass is 478 g/mol. The summed E-state index contributed by atoms with van der Waals surface area (Å²) in [5, 5.41) is 0. The van der Waals surface area contributed by atoms with Crippen LogP contribution in [-0.2, 0) is 6.54 Å².